The summed E-state index contributed by atoms with van der Waals surface area (Å²) in [6.45, 7) is 1.63. The molecule has 0 spiro atoms. The molecule has 0 saturated heterocycles. The first kappa shape index (κ1) is 19.1. The molecule has 1 aromatic carbocycles. The topological polar surface area (TPSA) is 98.0 Å². The Morgan fingerprint density at radius 3 is 2.71 bits per heavy atom. The highest BCUT2D eigenvalue weighted by Gasteiger charge is 2.31. The van der Waals surface area contributed by atoms with Crippen LogP contribution in [0.1, 0.15) is 29.2 Å². The van der Waals surface area contributed by atoms with E-state index in [4.69, 9.17) is 17.3 Å². The number of sulfonamides is 1. The van der Waals surface area contributed by atoms with Crippen LogP contribution in [0.4, 0.5) is 15.2 Å². The van der Waals surface area contributed by atoms with Crippen LogP contribution in [0, 0.1) is 12.7 Å². The van der Waals surface area contributed by atoms with Crippen molar-refractivity contribution in [3.05, 3.63) is 51.7 Å². The number of aryl methyl sites for hydroxylation is 1. The smallest absolute Gasteiger partial charge is 0.281 e. The molecule has 0 amide bonds. The summed E-state index contributed by atoms with van der Waals surface area (Å²) >= 11 is 7.18. The van der Waals surface area contributed by atoms with Crippen molar-refractivity contribution < 1.29 is 12.8 Å². The quantitative estimate of drug-likeness (QED) is 0.608. The van der Waals surface area contributed by atoms with Crippen molar-refractivity contribution in [3.63, 3.8) is 0 Å². The molecule has 0 atom stereocenters. The number of nitrogens with one attached hydrogen (secondary N) is 1. The molecule has 3 N–H and O–H groups in total. The number of pyridine rings is 1. The maximum Gasteiger partial charge on any atom is 0.281 e. The maximum atomic E-state index is 13.5. The molecule has 1 aliphatic carbocycles. The fourth-order valence-electron chi connectivity index (χ4n) is 2.88. The largest absolute Gasteiger partial charge is 0.397 e. The Bertz CT molecular complexity index is 1180. The lowest BCUT2D eigenvalue weighted by Gasteiger charge is -2.07. The van der Waals surface area contributed by atoms with Gasteiger partial charge in [0.2, 0.25) is 0 Å². The third-order valence-electron chi connectivity index (χ3n) is 4.32. The van der Waals surface area contributed by atoms with E-state index in [0.29, 0.717) is 28.4 Å². The van der Waals surface area contributed by atoms with E-state index in [0.717, 1.165) is 17.7 Å². The number of anilines is 2. The molecule has 146 valence electrons. The maximum absolute atomic E-state index is 13.5. The van der Waals surface area contributed by atoms with Crippen molar-refractivity contribution >= 4 is 43.8 Å². The fourth-order valence-corrected chi connectivity index (χ4v) is 5.61. The van der Waals surface area contributed by atoms with E-state index in [1.54, 1.807) is 19.1 Å². The van der Waals surface area contributed by atoms with E-state index in [1.165, 1.54) is 29.7 Å². The molecule has 2 heterocycles. The highest BCUT2D eigenvalue weighted by molar-refractivity contribution is 7.92. The zero-order valence-electron chi connectivity index (χ0n) is 14.7. The van der Waals surface area contributed by atoms with Gasteiger partial charge in [-0.25, -0.2) is 14.4 Å². The van der Waals surface area contributed by atoms with Gasteiger partial charge in [0, 0.05) is 10.4 Å². The number of rotatable bonds is 5. The lowest BCUT2D eigenvalue weighted by molar-refractivity contribution is 0.597. The van der Waals surface area contributed by atoms with Gasteiger partial charge in [0.1, 0.15) is 5.82 Å². The van der Waals surface area contributed by atoms with Crippen molar-refractivity contribution in [1.29, 1.82) is 0 Å². The number of halogens is 2. The van der Waals surface area contributed by atoms with Crippen LogP contribution in [0.3, 0.4) is 0 Å². The van der Waals surface area contributed by atoms with Gasteiger partial charge in [-0.1, -0.05) is 11.6 Å². The van der Waals surface area contributed by atoms with Crippen molar-refractivity contribution in [2.45, 2.75) is 30.7 Å². The van der Waals surface area contributed by atoms with Crippen LogP contribution in [0.5, 0.6) is 0 Å². The summed E-state index contributed by atoms with van der Waals surface area (Å²) in [4.78, 5) is 9.37. The number of thiazole rings is 1. The average molecular weight is 439 g/mol. The zero-order valence-corrected chi connectivity index (χ0v) is 17.1. The Labute approximate surface area is 170 Å². The van der Waals surface area contributed by atoms with Crippen LogP contribution in [0.25, 0.3) is 11.3 Å². The second-order valence-electron chi connectivity index (χ2n) is 6.63. The highest BCUT2D eigenvalue weighted by atomic mass is 35.5. The van der Waals surface area contributed by atoms with Crippen LogP contribution in [-0.4, -0.2) is 18.4 Å². The molecule has 0 unspecified atom stereocenters. The predicted molar refractivity (Wildman–Crippen MR) is 109 cm³/mol. The molecule has 1 fully saturated rings. The first-order valence-electron chi connectivity index (χ1n) is 8.45. The standard InChI is InChI=1S/C18H16ClFN4O2S2/c1-9-6-12(21)8-22-17(9)28(25,26)24-18-23-15(16(27-18)10-2-3-10)11-4-5-14(20)13(19)7-11/h4-8,10H,2-3,21H2,1H3,(H,23,24). The Balaban J connectivity index is 1.72. The minimum Gasteiger partial charge on any atom is -0.397 e. The van der Waals surface area contributed by atoms with Crippen LogP contribution in [0.15, 0.2) is 35.5 Å². The lowest BCUT2D eigenvalue weighted by atomic mass is 10.1. The molecule has 10 heteroatoms. The van der Waals surface area contributed by atoms with E-state index >= 15 is 0 Å². The van der Waals surface area contributed by atoms with Crippen LogP contribution in [0.2, 0.25) is 5.02 Å². The highest BCUT2D eigenvalue weighted by Crippen LogP contribution is 2.48. The van der Waals surface area contributed by atoms with Gasteiger partial charge in [0.25, 0.3) is 10.0 Å². The molecule has 0 radical (unpaired) electrons. The molecule has 4 rings (SSSR count). The number of benzene rings is 1. The number of aromatic nitrogens is 2. The van der Waals surface area contributed by atoms with Crippen molar-refractivity contribution in [3.8, 4) is 11.3 Å². The summed E-state index contributed by atoms with van der Waals surface area (Å²) in [6.07, 6.45) is 3.31. The number of nitrogens with two attached hydrogens (primary N) is 1. The molecular weight excluding hydrogens is 423 g/mol. The van der Waals surface area contributed by atoms with E-state index in [9.17, 15) is 12.8 Å². The van der Waals surface area contributed by atoms with Gasteiger partial charge in [-0.15, -0.1) is 11.3 Å². The molecule has 6 nitrogen and oxygen atoms in total. The van der Waals surface area contributed by atoms with E-state index in [-0.39, 0.29) is 15.2 Å². The molecule has 0 aliphatic heterocycles. The van der Waals surface area contributed by atoms with Crippen LogP contribution < -0.4 is 10.5 Å². The van der Waals surface area contributed by atoms with Gasteiger partial charge in [0.15, 0.2) is 10.2 Å². The number of nitrogen functional groups attached to an aromatic ring is 1. The van der Waals surface area contributed by atoms with Gasteiger partial charge in [-0.3, -0.25) is 4.72 Å². The predicted octanol–water partition coefficient (Wildman–Crippen LogP) is 4.57. The first-order valence-corrected chi connectivity index (χ1v) is 11.1. The van der Waals surface area contributed by atoms with E-state index < -0.39 is 15.8 Å². The van der Waals surface area contributed by atoms with Crippen LogP contribution in [-0.2, 0) is 10.0 Å². The summed E-state index contributed by atoms with van der Waals surface area (Å²) in [6, 6.07) is 5.91. The Kier molecular flexibility index (Phi) is 4.76. The lowest BCUT2D eigenvalue weighted by Crippen LogP contribution is -2.16. The summed E-state index contributed by atoms with van der Waals surface area (Å²) in [5.74, 6) is -0.189. The number of hydrogen-bond acceptors (Lipinski definition) is 6. The molecule has 3 aromatic rings. The molecule has 2 aromatic heterocycles. The summed E-state index contributed by atoms with van der Waals surface area (Å²) in [5.41, 5.74) is 7.75. The van der Waals surface area contributed by atoms with Crippen molar-refractivity contribution in [1.82, 2.24) is 9.97 Å². The Morgan fingerprint density at radius 2 is 2.07 bits per heavy atom. The van der Waals surface area contributed by atoms with Crippen molar-refractivity contribution in [2.75, 3.05) is 10.5 Å². The van der Waals surface area contributed by atoms with Crippen molar-refractivity contribution in [2.24, 2.45) is 0 Å². The van der Waals surface area contributed by atoms with Gasteiger partial charge in [-0.2, -0.15) is 8.42 Å². The molecule has 0 bridgehead atoms. The molecule has 28 heavy (non-hydrogen) atoms. The average Bonchev–Trinajstić information content (AvgIpc) is 3.38. The van der Waals surface area contributed by atoms with Crippen LogP contribution >= 0.6 is 22.9 Å². The van der Waals surface area contributed by atoms with Gasteiger partial charge >= 0.3 is 0 Å². The molecule has 1 aliphatic rings. The fraction of sp³-hybridized carbons (Fsp3) is 0.222. The summed E-state index contributed by atoms with van der Waals surface area (Å²) in [5, 5.41) is 0.127. The number of nitrogens with zero attached hydrogens (tertiary/aromatic N) is 2. The second-order valence-corrected chi connectivity index (χ2v) is 9.67. The van der Waals surface area contributed by atoms with Gasteiger partial charge < -0.3 is 5.73 Å². The van der Waals surface area contributed by atoms with Gasteiger partial charge in [0.05, 0.1) is 22.6 Å². The molecule has 1 saturated carbocycles. The third-order valence-corrected chi connectivity index (χ3v) is 7.27. The van der Waals surface area contributed by atoms with Gasteiger partial charge in [-0.05, 0) is 55.5 Å². The number of hydrogen-bond donors (Lipinski definition) is 2. The normalized spacial score (nSPS) is 14.2. The van der Waals surface area contributed by atoms with E-state index in [1.807, 2.05) is 0 Å². The monoisotopic (exact) mass is 438 g/mol. The third kappa shape index (κ3) is 3.69. The Hall–Kier alpha value is -2.23. The summed E-state index contributed by atoms with van der Waals surface area (Å²) < 4.78 is 41.5. The van der Waals surface area contributed by atoms with E-state index in [2.05, 4.69) is 14.7 Å². The SMILES string of the molecule is Cc1cc(N)cnc1S(=O)(=O)Nc1nc(-c2ccc(F)c(Cl)c2)c(C2CC2)s1. The molecular formula is C18H16ClFN4O2S2. The zero-order chi connectivity index (χ0) is 20.1. The Morgan fingerprint density at radius 1 is 1.32 bits per heavy atom. The summed E-state index contributed by atoms with van der Waals surface area (Å²) in [7, 11) is -3.92. The first-order chi connectivity index (χ1) is 13.2. The second kappa shape index (κ2) is 6.98. The minimum atomic E-state index is -3.92. The minimum absolute atomic E-state index is 0.00363.